The standard InChI is InChI=1S/C22H31BrN4OS.CH4O/c1-5-8-9-10-14-27(7-3)22(25-18(4)6-2)29-17-21(28)26-24-16-19-12-11-13-20(23)15-19;1-2/h6,9-13,15-16,18H,2,5,7-8,14,17H2,1,3-4H3,(H,26,28);2H,1H3/b10-9-,24-16+,25-22?;. The van der Waals surface area contributed by atoms with E-state index in [1.807, 2.05) is 31.2 Å². The van der Waals surface area contributed by atoms with E-state index in [0.717, 1.165) is 48.2 Å². The van der Waals surface area contributed by atoms with Crippen LogP contribution in [0.15, 0.2) is 63.6 Å². The number of likely N-dealkylation sites (N-methyl/N-ethyl adjacent to an activating group) is 1. The fourth-order valence-electron chi connectivity index (χ4n) is 2.19. The minimum atomic E-state index is -0.169. The highest BCUT2D eigenvalue weighted by atomic mass is 79.9. The van der Waals surface area contributed by atoms with Crippen LogP contribution in [0, 0.1) is 0 Å². The zero-order valence-electron chi connectivity index (χ0n) is 18.9. The summed E-state index contributed by atoms with van der Waals surface area (Å²) < 4.78 is 0.966. The molecule has 0 aromatic heterocycles. The van der Waals surface area contributed by atoms with Gasteiger partial charge in [0.25, 0.3) is 5.91 Å². The van der Waals surface area contributed by atoms with E-state index in [0.29, 0.717) is 0 Å². The van der Waals surface area contributed by atoms with E-state index < -0.39 is 0 Å². The van der Waals surface area contributed by atoms with Gasteiger partial charge in [-0.1, -0.05) is 71.4 Å². The van der Waals surface area contributed by atoms with Gasteiger partial charge < -0.3 is 10.0 Å². The van der Waals surface area contributed by atoms with E-state index in [1.165, 1.54) is 11.8 Å². The predicted molar refractivity (Wildman–Crippen MR) is 139 cm³/mol. The first-order chi connectivity index (χ1) is 15.0. The molecule has 31 heavy (non-hydrogen) atoms. The average Bonchev–Trinajstić information content (AvgIpc) is 2.78. The first-order valence-electron chi connectivity index (χ1n) is 10.2. The Hall–Kier alpha value is -1.90. The van der Waals surface area contributed by atoms with Crippen molar-refractivity contribution in [2.24, 2.45) is 10.1 Å². The van der Waals surface area contributed by atoms with Crippen molar-refractivity contribution >= 4 is 45.0 Å². The number of unbranched alkanes of at least 4 members (excludes halogenated alkanes) is 1. The third kappa shape index (κ3) is 13.9. The number of amidine groups is 1. The van der Waals surface area contributed by atoms with E-state index in [1.54, 1.807) is 12.3 Å². The number of carbonyl (C=O) groups excluding carboxylic acids is 1. The number of allylic oxidation sites excluding steroid dienone is 1. The number of nitrogens with one attached hydrogen (secondary N) is 1. The summed E-state index contributed by atoms with van der Waals surface area (Å²) >= 11 is 4.83. The Labute approximate surface area is 199 Å². The second-order valence-electron chi connectivity index (χ2n) is 6.32. The van der Waals surface area contributed by atoms with Gasteiger partial charge in [0.1, 0.15) is 0 Å². The molecule has 1 rings (SSSR count). The largest absolute Gasteiger partial charge is 0.400 e. The van der Waals surface area contributed by atoms with E-state index in [-0.39, 0.29) is 17.7 Å². The van der Waals surface area contributed by atoms with Crippen molar-refractivity contribution < 1.29 is 9.90 Å². The summed E-state index contributed by atoms with van der Waals surface area (Å²) in [5, 5.41) is 11.9. The Balaban J connectivity index is 0.00000436. The lowest BCUT2D eigenvalue weighted by Gasteiger charge is -2.23. The van der Waals surface area contributed by atoms with E-state index >= 15 is 0 Å². The molecule has 0 heterocycles. The van der Waals surface area contributed by atoms with Crippen LogP contribution in [0.1, 0.15) is 39.2 Å². The molecule has 1 amide bonds. The minimum Gasteiger partial charge on any atom is -0.400 e. The fourth-order valence-corrected chi connectivity index (χ4v) is 3.56. The van der Waals surface area contributed by atoms with Crippen LogP contribution in [0.25, 0.3) is 0 Å². The van der Waals surface area contributed by atoms with Crippen molar-refractivity contribution in [2.45, 2.75) is 39.7 Å². The second kappa shape index (κ2) is 18.8. The molecule has 0 spiro atoms. The molecule has 1 aromatic rings. The average molecular weight is 512 g/mol. The number of amides is 1. The van der Waals surface area contributed by atoms with Crippen molar-refractivity contribution in [3.05, 3.63) is 59.1 Å². The highest BCUT2D eigenvalue weighted by molar-refractivity contribution is 9.10. The molecule has 0 aliphatic carbocycles. The van der Waals surface area contributed by atoms with Crippen molar-refractivity contribution in [1.82, 2.24) is 10.3 Å². The molecule has 6 nitrogen and oxygen atoms in total. The first kappa shape index (κ1) is 29.1. The number of rotatable bonds is 11. The van der Waals surface area contributed by atoms with Crippen molar-refractivity contribution in [2.75, 3.05) is 26.0 Å². The maximum atomic E-state index is 12.2. The molecule has 1 unspecified atom stereocenters. The van der Waals surface area contributed by atoms with Crippen LogP contribution in [0.4, 0.5) is 0 Å². The van der Waals surface area contributed by atoms with Crippen LogP contribution >= 0.6 is 27.7 Å². The number of hydrogen-bond acceptors (Lipinski definition) is 5. The zero-order chi connectivity index (χ0) is 23.5. The van der Waals surface area contributed by atoms with Crippen LogP contribution in [0.2, 0.25) is 0 Å². The first-order valence-corrected chi connectivity index (χ1v) is 12.0. The number of carbonyl (C=O) groups is 1. The number of aliphatic hydroxyl groups excluding tert-OH is 1. The van der Waals surface area contributed by atoms with Gasteiger partial charge in [-0.25, -0.2) is 5.43 Å². The smallest absolute Gasteiger partial charge is 0.250 e. The van der Waals surface area contributed by atoms with Crippen LogP contribution < -0.4 is 5.43 Å². The Morgan fingerprint density at radius 1 is 1.35 bits per heavy atom. The van der Waals surface area contributed by atoms with Gasteiger partial charge in [0.2, 0.25) is 0 Å². The molecule has 172 valence electrons. The zero-order valence-corrected chi connectivity index (χ0v) is 21.3. The normalized spacial score (nSPS) is 12.4. The summed E-state index contributed by atoms with van der Waals surface area (Å²) in [5.74, 6) is 0.0750. The number of hydrazone groups is 1. The van der Waals surface area contributed by atoms with Gasteiger partial charge in [-0.3, -0.25) is 9.79 Å². The van der Waals surface area contributed by atoms with Gasteiger partial charge in [-0.05, 0) is 38.0 Å². The lowest BCUT2D eigenvalue weighted by atomic mass is 10.2. The number of nitrogens with zero attached hydrogens (tertiary/aromatic N) is 3. The predicted octanol–water partition coefficient (Wildman–Crippen LogP) is 4.85. The Morgan fingerprint density at radius 2 is 2.10 bits per heavy atom. The molecule has 0 saturated carbocycles. The number of hydrogen-bond donors (Lipinski definition) is 2. The molecule has 0 fully saturated rings. The summed E-state index contributed by atoms with van der Waals surface area (Å²) in [6.45, 7) is 11.6. The number of aliphatic imine (C=N–C) groups is 1. The molecule has 0 bridgehead atoms. The van der Waals surface area contributed by atoms with E-state index in [9.17, 15) is 4.79 Å². The Morgan fingerprint density at radius 3 is 2.71 bits per heavy atom. The van der Waals surface area contributed by atoms with Crippen molar-refractivity contribution in [3.63, 3.8) is 0 Å². The van der Waals surface area contributed by atoms with Crippen LogP contribution in [-0.4, -0.2) is 59.3 Å². The summed E-state index contributed by atoms with van der Waals surface area (Å²) in [7, 11) is 1.00. The third-order valence-electron chi connectivity index (χ3n) is 3.84. The maximum Gasteiger partial charge on any atom is 0.250 e. The molecular weight excluding hydrogens is 476 g/mol. The van der Waals surface area contributed by atoms with Crippen LogP contribution in [0.3, 0.4) is 0 Å². The minimum absolute atomic E-state index is 0.0104. The lowest BCUT2D eigenvalue weighted by Crippen LogP contribution is -2.31. The molecule has 1 aromatic carbocycles. The highest BCUT2D eigenvalue weighted by Gasteiger charge is 2.12. The summed E-state index contributed by atoms with van der Waals surface area (Å²) in [6, 6.07) is 7.69. The lowest BCUT2D eigenvalue weighted by molar-refractivity contribution is -0.118. The molecule has 0 aliphatic heterocycles. The highest BCUT2D eigenvalue weighted by Crippen LogP contribution is 2.12. The summed E-state index contributed by atoms with van der Waals surface area (Å²) in [4.78, 5) is 19.1. The quantitative estimate of drug-likeness (QED) is 0.193. The molecule has 8 heteroatoms. The van der Waals surface area contributed by atoms with Gasteiger partial charge >= 0.3 is 0 Å². The third-order valence-corrected chi connectivity index (χ3v) is 5.36. The topological polar surface area (TPSA) is 77.3 Å². The number of benzene rings is 1. The van der Waals surface area contributed by atoms with Crippen molar-refractivity contribution in [1.29, 1.82) is 0 Å². The molecular formula is C23H35BrN4O2S. The van der Waals surface area contributed by atoms with Gasteiger partial charge in [-0.15, -0.1) is 6.58 Å². The van der Waals surface area contributed by atoms with Crippen LogP contribution in [0.5, 0.6) is 0 Å². The van der Waals surface area contributed by atoms with Crippen LogP contribution in [-0.2, 0) is 4.79 Å². The van der Waals surface area contributed by atoms with Gasteiger partial charge in [0.05, 0.1) is 18.0 Å². The van der Waals surface area contributed by atoms with Gasteiger partial charge in [0.15, 0.2) is 5.17 Å². The monoisotopic (exact) mass is 510 g/mol. The maximum absolute atomic E-state index is 12.2. The number of thioether (sulfide) groups is 1. The van der Waals surface area contributed by atoms with Gasteiger partial charge in [0, 0.05) is 24.7 Å². The van der Waals surface area contributed by atoms with E-state index in [4.69, 9.17) is 10.1 Å². The summed E-state index contributed by atoms with van der Waals surface area (Å²) in [5.41, 5.74) is 3.48. The fraction of sp³-hybridized carbons (Fsp3) is 0.435. The Kier molecular flexibility index (Phi) is 17.7. The number of halogens is 1. The molecule has 1 atom stereocenters. The summed E-state index contributed by atoms with van der Waals surface area (Å²) in [6.07, 6.45) is 9.96. The molecule has 2 N–H and O–H groups in total. The van der Waals surface area contributed by atoms with Gasteiger partial charge in [-0.2, -0.15) is 5.10 Å². The van der Waals surface area contributed by atoms with E-state index in [2.05, 4.69) is 63.9 Å². The van der Waals surface area contributed by atoms with Crippen molar-refractivity contribution in [3.8, 4) is 0 Å². The Bertz CT molecular complexity index is 738. The number of aliphatic hydroxyl groups is 1. The SMILES string of the molecule is C=CC(C)N=C(SCC(=O)N/N=C/c1cccc(Br)c1)N(CC)C/C=C\CCC.CO. The molecule has 0 radical (unpaired) electrons. The second-order valence-corrected chi connectivity index (χ2v) is 8.18. The molecule has 0 aliphatic rings. The molecule has 0 saturated heterocycles.